The zero-order chi connectivity index (χ0) is 8.81. The van der Waals surface area contributed by atoms with Gasteiger partial charge in [-0.2, -0.15) is 0 Å². The highest BCUT2D eigenvalue weighted by atomic mass is 79.9. The molecule has 0 bridgehead atoms. The zero-order valence-electron chi connectivity index (χ0n) is 6.34. The van der Waals surface area contributed by atoms with Gasteiger partial charge in [0.1, 0.15) is 0 Å². The lowest BCUT2D eigenvalue weighted by molar-refractivity contribution is 1.42. The molecule has 0 nitrogen and oxygen atoms in total. The molecule has 0 N–H and O–H groups in total. The van der Waals surface area contributed by atoms with Crippen molar-refractivity contribution >= 4 is 39.3 Å². The second-order valence-electron chi connectivity index (χ2n) is 2.20. The molecule has 0 spiro atoms. The Balaban J connectivity index is 2.39. The van der Waals surface area contributed by atoms with Gasteiger partial charge in [0.25, 0.3) is 0 Å². The molecule has 64 valence electrons. The highest BCUT2D eigenvalue weighted by molar-refractivity contribution is 9.12. The number of thioether (sulfide) groups is 1. The molecule has 0 fully saturated rings. The van der Waals surface area contributed by atoms with Crippen LogP contribution in [0.3, 0.4) is 0 Å². The summed E-state index contributed by atoms with van der Waals surface area (Å²) in [6, 6.07) is 10.3. The molecule has 0 aliphatic heterocycles. The van der Waals surface area contributed by atoms with Crippen LogP contribution in [0.4, 0.5) is 0 Å². The predicted molar refractivity (Wildman–Crippen MR) is 60.6 cm³/mol. The number of hydrogen-bond donors (Lipinski definition) is 0. The lowest BCUT2D eigenvalue weighted by Crippen LogP contribution is -1.75. The molecule has 0 saturated heterocycles. The van der Waals surface area contributed by atoms with Gasteiger partial charge >= 0.3 is 0 Å². The van der Waals surface area contributed by atoms with E-state index in [0.29, 0.717) is 3.94 Å². The van der Waals surface area contributed by atoms with E-state index in [1.54, 1.807) is 11.8 Å². The Hall–Kier alpha value is 0.0800. The molecule has 3 heteroatoms. The van der Waals surface area contributed by atoms with Gasteiger partial charge in [-0.05, 0) is 26.9 Å². The summed E-state index contributed by atoms with van der Waals surface area (Å²) in [6.45, 7) is 0. The molecule has 0 aliphatic carbocycles. The van der Waals surface area contributed by atoms with Crippen molar-refractivity contribution < 1.29 is 0 Å². The summed E-state index contributed by atoms with van der Waals surface area (Å²) in [4.78, 5) is 0. The van der Waals surface area contributed by atoms with E-state index in [2.05, 4.69) is 28.1 Å². The highest BCUT2D eigenvalue weighted by Gasteiger charge is 1.89. The SMILES string of the molecule is Cl/C(Br)=C\SCc1ccccc1. The van der Waals surface area contributed by atoms with Crippen molar-refractivity contribution in [2.75, 3.05) is 0 Å². The third-order valence-corrected chi connectivity index (χ3v) is 2.94. The number of rotatable bonds is 3. The van der Waals surface area contributed by atoms with Crippen LogP contribution in [-0.4, -0.2) is 0 Å². The second-order valence-corrected chi connectivity index (χ2v) is 4.78. The van der Waals surface area contributed by atoms with E-state index in [-0.39, 0.29) is 0 Å². The molecular weight excluding hydrogens is 256 g/mol. The van der Waals surface area contributed by atoms with Gasteiger partial charge in [-0.3, -0.25) is 0 Å². The van der Waals surface area contributed by atoms with E-state index in [9.17, 15) is 0 Å². The molecule has 0 unspecified atom stereocenters. The maximum absolute atomic E-state index is 5.60. The van der Waals surface area contributed by atoms with Crippen LogP contribution in [0.25, 0.3) is 0 Å². The second kappa shape index (κ2) is 5.68. The maximum atomic E-state index is 5.60. The molecule has 0 aliphatic rings. The largest absolute Gasteiger partial charge is 0.127 e. The van der Waals surface area contributed by atoms with Gasteiger partial charge in [-0.15, -0.1) is 11.8 Å². The fraction of sp³-hybridized carbons (Fsp3) is 0.111. The Bertz CT molecular complexity index is 254. The third kappa shape index (κ3) is 4.19. The quantitative estimate of drug-likeness (QED) is 0.781. The summed E-state index contributed by atoms with van der Waals surface area (Å²) >= 11 is 10.4. The molecule has 0 radical (unpaired) electrons. The first-order chi connectivity index (χ1) is 5.79. The van der Waals surface area contributed by atoms with Gasteiger partial charge in [0.2, 0.25) is 0 Å². The summed E-state index contributed by atoms with van der Waals surface area (Å²) < 4.78 is 0.656. The normalized spacial score (nSPS) is 11.7. The first kappa shape index (κ1) is 10.2. The summed E-state index contributed by atoms with van der Waals surface area (Å²) in [7, 11) is 0. The predicted octanol–water partition coefficient (Wildman–Crippen LogP) is 4.35. The smallest absolute Gasteiger partial charge is 0.0896 e. The van der Waals surface area contributed by atoms with Crippen LogP contribution in [-0.2, 0) is 5.75 Å². The monoisotopic (exact) mass is 262 g/mol. The average molecular weight is 264 g/mol. The Labute approximate surface area is 90.1 Å². The maximum Gasteiger partial charge on any atom is 0.0896 e. The lowest BCUT2D eigenvalue weighted by atomic mass is 10.2. The molecular formula is C9H8BrClS. The topological polar surface area (TPSA) is 0 Å². The summed E-state index contributed by atoms with van der Waals surface area (Å²) in [5.41, 5.74) is 1.31. The molecule has 1 rings (SSSR count). The standard InChI is InChI=1S/C9H8BrClS/c10-9(11)7-12-6-8-4-2-1-3-5-8/h1-5,7H,6H2/b9-7-. The minimum atomic E-state index is 0.656. The first-order valence-electron chi connectivity index (χ1n) is 3.46. The average Bonchev–Trinajstić information content (AvgIpc) is 2.05. The van der Waals surface area contributed by atoms with E-state index in [0.717, 1.165) is 5.75 Å². The molecule has 1 aromatic rings. The summed E-state index contributed by atoms with van der Waals surface area (Å²) in [5.74, 6) is 0.961. The van der Waals surface area contributed by atoms with Crippen LogP contribution in [0, 0.1) is 0 Å². The molecule has 12 heavy (non-hydrogen) atoms. The number of benzene rings is 1. The molecule has 0 aromatic heterocycles. The van der Waals surface area contributed by atoms with Crippen molar-refractivity contribution in [1.29, 1.82) is 0 Å². The third-order valence-electron chi connectivity index (χ3n) is 1.27. The van der Waals surface area contributed by atoms with E-state index in [4.69, 9.17) is 11.6 Å². The van der Waals surface area contributed by atoms with Gasteiger partial charge in [0, 0.05) is 5.75 Å². The number of halogens is 2. The van der Waals surface area contributed by atoms with Crippen LogP contribution < -0.4 is 0 Å². The Morgan fingerprint density at radius 3 is 2.67 bits per heavy atom. The van der Waals surface area contributed by atoms with Crippen molar-refractivity contribution in [3.63, 3.8) is 0 Å². The van der Waals surface area contributed by atoms with Crippen LogP contribution >= 0.6 is 39.3 Å². The van der Waals surface area contributed by atoms with Crippen molar-refractivity contribution in [1.82, 2.24) is 0 Å². The zero-order valence-corrected chi connectivity index (χ0v) is 9.49. The summed E-state index contributed by atoms with van der Waals surface area (Å²) in [6.07, 6.45) is 0. The Morgan fingerprint density at radius 2 is 2.08 bits per heavy atom. The molecule has 0 amide bonds. The molecule has 0 saturated carbocycles. The van der Waals surface area contributed by atoms with Gasteiger partial charge in [-0.1, -0.05) is 41.9 Å². The van der Waals surface area contributed by atoms with E-state index < -0.39 is 0 Å². The minimum absolute atomic E-state index is 0.656. The van der Waals surface area contributed by atoms with E-state index in [1.807, 2.05) is 23.6 Å². The van der Waals surface area contributed by atoms with Gasteiger partial charge in [0.15, 0.2) is 0 Å². The minimum Gasteiger partial charge on any atom is -0.127 e. The Morgan fingerprint density at radius 1 is 1.42 bits per heavy atom. The van der Waals surface area contributed by atoms with E-state index >= 15 is 0 Å². The van der Waals surface area contributed by atoms with Crippen molar-refractivity contribution in [3.05, 3.63) is 45.2 Å². The van der Waals surface area contributed by atoms with Crippen LogP contribution in [0.15, 0.2) is 39.7 Å². The summed E-state index contributed by atoms with van der Waals surface area (Å²) in [5, 5.41) is 1.88. The van der Waals surface area contributed by atoms with Gasteiger partial charge in [-0.25, -0.2) is 0 Å². The molecule has 1 aromatic carbocycles. The van der Waals surface area contributed by atoms with Gasteiger partial charge in [0.05, 0.1) is 3.94 Å². The van der Waals surface area contributed by atoms with E-state index in [1.165, 1.54) is 5.56 Å². The van der Waals surface area contributed by atoms with Crippen LogP contribution in [0.5, 0.6) is 0 Å². The van der Waals surface area contributed by atoms with Crippen LogP contribution in [0.2, 0.25) is 0 Å². The number of hydrogen-bond acceptors (Lipinski definition) is 1. The highest BCUT2D eigenvalue weighted by Crippen LogP contribution is 2.19. The fourth-order valence-electron chi connectivity index (χ4n) is 0.775. The molecule has 0 heterocycles. The first-order valence-corrected chi connectivity index (χ1v) is 5.67. The fourth-order valence-corrected chi connectivity index (χ4v) is 1.95. The Kier molecular flexibility index (Phi) is 4.81. The lowest BCUT2D eigenvalue weighted by Gasteiger charge is -1.95. The molecule has 0 atom stereocenters. The van der Waals surface area contributed by atoms with Crippen molar-refractivity contribution in [2.45, 2.75) is 5.75 Å². The van der Waals surface area contributed by atoms with Gasteiger partial charge < -0.3 is 0 Å². The van der Waals surface area contributed by atoms with Crippen molar-refractivity contribution in [3.8, 4) is 0 Å². The van der Waals surface area contributed by atoms with Crippen molar-refractivity contribution in [2.24, 2.45) is 0 Å². The van der Waals surface area contributed by atoms with Crippen LogP contribution in [0.1, 0.15) is 5.56 Å².